The average molecular weight is 346 g/mol. The Hall–Kier alpha value is 3.49. The molecule has 0 unspecified atom stereocenters. The van der Waals surface area contributed by atoms with Gasteiger partial charge in [0.1, 0.15) is 0 Å². The van der Waals surface area contributed by atoms with Crippen LogP contribution in [0.15, 0.2) is 0 Å². The van der Waals surface area contributed by atoms with Crippen LogP contribution in [0, 0.1) is 0 Å². The van der Waals surface area contributed by atoms with Crippen molar-refractivity contribution >= 4 is 6.47 Å². The van der Waals surface area contributed by atoms with Gasteiger partial charge in [-0.1, -0.05) is 0 Å². The molecule has 4 nitrogen and oxygen atoms in total. The third kappa shape index (κ3) is 43.7. The van der Waals surface area contributed by atoms with Crippen molar-refractivity contribution < 1.29 is 159 Å². The summed E-state index contributed by atoms with van der Waals surface area (Å²) in [6, 6.07) is 0. The standard InChI is InChI=1S/CH2O2.2Cs.2H2O/c2-1-3;;;;/h1H,(H,2,3);;;2*1H2/q;2*+1;;/p-2. The van der Waals surface area contributed by atoms with Gasteiger partial charge in [-0.15, -0.1) is 0 Å². The van der Waals surface area contributed by atoms with Crippen molar-refractivity contribution in [3.8, 4) is 0 Å². The van der Waals surface area contributed by atoms with Crippen LogP contribution in [0.25, 0.3) is 0 Å². The van der Waals surface area contributed by atoms with E-state index in [2.05, 4.69) is 0 Å². The number of carbonyl (C=O) groups is 1. The van der Waals surface area contributed by atoms with Gasteiger partial charge in [-0.25, -0.2) is 0 Å². The predicted octanol–water partition coefficient (Wildman–Crippen LogP) is -6.64. The zero-order valence-corrected chi connectivity index (χ0v) is 16.9. The zero-order valence-electron chi connectivity index (χ0n) is 4.33. The van der Waals surface area contributed by atoms with Gasteiger partial charge < -0.3 is 16.1 Å². The van der Waals surface area contributed by atoms with Crippen molar-refractivity contribution in [2.24, 2.45) is 0 Å². The van der Waals surface area contributed by atoms with Crippen molar-refractivity contribution in [3.05, 3.63) is 0 Å². The van der Waals surface area contributed by atoms with Gasteiger partial charge in [0.2, 0.25) is 0 Å². The van der Waals surface area contributed by atoms with E-state index in [9.17, 15) is 0 Å². The van der Waals surface area contributed by atoms with Crippen LogP contribution in [0.5, 0.6) is 0 Å². The molecule has 7 heavy (non-hydrogen) atoms. The van der Waals surface area contributed by atoms with Gasteiger partial charge in [0.15, 0.2) is 0 Å². The minimum absolute atomic E-state index is 0. The topological polar surface area (TPSA) is 97.3 Å². The second kappa shape index (κ2) is 33.9. The summed E-state index contributed by atoms with van der Waals surface area (Å²) in [7, 11) is 0. The van der Waals surface area contributed by atoms with Crippen molar-refractivity contribution in [2.75, 3.05) is 0 Å². The molecule has 0 saturated heterocycles. The molecule has 0 heterocycles. The van der Waals surface area contributed by atoms with Crippen LogP contribution in [0.4, 0.5) is 0 Å². The average Bonchev–Trinajstić information content (AvgIpc) is 0.918. The first-order valence-corrected chi connectivity index (χ1v) is 0.494. The minimum Gasteiger partial charge on any atom is -0.870 e. The molecule has 0 bridgehead atoms. The summed E-state index contributed by atoms with van der Waals surface area (Å²) >= 11 is 0. The molecule has 0 aromatic carbocycles. The third-order valence-corrected chi connectivity index (χ3v) is 0. The molecule has 0 fully saturated rings. The van der Waals surface area contributed by atoms with E-state index in [1.165, 1.54) is 0 Å². The Morgan fingerprint density at radius 2 is 1.14 bits per heavy atom. The smallest absolute Gasteiger partial charge is 0.870 e. The molecular formula is CH4Cs2O4. The van der Waals surface area contributed by atoms with Gasteiger partial charge >= 0.3 is 138 Å². The van der Waals surface area contributed by atoms with E-state index in [1.54, 1.807) is 0 Å². The van der Waals surface area contributed by atoms with Gasteiger partial charge in [-0.05, 0) is 0 Å². The molecule has 0 aromatic heterocycles. The summed E-state index contributed by atoms with van der Waals surface area (Å²) in [4.78, 5) is 8.36. The summed E-state index contributed by atoms with van der Waals surface area (Å²) < 4.78 is 0. The molecule has 0 aromatic rings. The van der Waals surface area contributed by atoms with Gasteiger partial charge in [0, 0.05) is 0 Å². The molecule has 3 N–H and O–H groups in total. The van der Waals surface area contributed by atoms with E-state index in [1.807, 2.05) is 0 Å². The first-order valence-electron chi connectivity index (χ1n) is 0.494. The van der Waals surface area contributed by atoms with Gasteiger partial charge in [0.25, 0.3) is 6.47 Å². The van der Waals surface area contributed by atoms with Gasteiger partial charge in [-0.3, -0.25) is 4.79 Å². The quantitative estimate of drug-likeness (QED) is 0.441. The van der Waals surface area contributed by atoms with E-state index < -0.39 is 0 Å². The van der Waals surface area contributed by atoms with E-state index in [4.69, 9.17) is 9.90 Å². The van der Waals surface area contributed by atoms with Crippen molar-refractivity contribution in [1.29, 1.82) is 0 Å². The molecule has 0 amide bonds. The molecule has 0 spiro atoms. The predicted molar refractivity (Wildman–Crippen MR) is 12.6 cm³/mol. The van der Waals surface area contributed by atoms with Crippen molar-refractivity contribution in [1.82, 2.24) is 0 Å². The normalized spacial score (nSPS) is 1.71. The van der Waals surface area contributed by atoms with Crippen LogP contribution in [0.3, 0.4) is 0 Å². The summed E-state index contributed by atoms with van der Waals surface area (Å²) in [5, 5.41) is 6.89. The summed E-state index contributed by atoms with van der Waals surface area (Å²) in [5.41, 5.74) is 0. The monoisotopic (exact) mass is 346 g/mol. The van der Waals surface area contributed by atoms with E-state index in [0.29, 0.717) is 0 Å². The maximum absolute atomic E-state index is 8.36. The largest absolute Gasteiger partial charge is 1.00 e. The molecule has 34 valence electrons. The Morgan fingerprint density at radius 3 is 1.14 bits per heavy atom. The fourth-order valence-corrected chi connectivity index (χ4v) is 0. The Kier molecular flexibility index (Phi) is 152. The van der Waals surface area contributed by atoms with Crippen LogP contribution < -0.4 is 138 Å². The SMILES string of the molecule is O=CO.[Cs+].[Cs+].[OH-].[OH-]. The number of hydrogen-bond acceptors (Lipinski definition) is 3. The maximum Gasteiger partial charge on any atom is 1.00 e. The zero-order chi connectivity index (χ0) is 2.71. The summed E-state index contributed by atoms with van der Waals surface area (Å²) in [6.07, 6.45) is 0. The molecule has 6 heteroatoms. The molecule has 0 aliphatic carbocycles. The third-order valence-electron chi connectivity index (χ3n) is 0. The first kappa shape index (κ1) is 31.3. The second-order valence-electron chi connectivity index (χ2n) is 0.105. The van der Waals surface area contributed by atoms with Crippen LogP contribution in [-0.4, -0.2) is 22.5 Å². The van der Waals surface area contributed by atoms with Crippen LogP contribution >= 0.6 is 0 Å². The van der Waals surface area contributed by atoms with E-state index in [0.717, 1.165) is 0 Å². The molecule has 0 saturated carbocycles. The Morgan fingerprint density at radius 1 is 1.14 bits per heavy atom. The second-order valence-corrected chi connectivity index (χ2v) is 0.105. The van der Waals surface area contributed by atoms with Crippen LogP contribution in [0.2, 0.25) is 0 Å². The van der Waals surface area contributed by atoms with E-state index >= 15 is 0 Å². The van der Waals surface area contributed by atoms with Crippen LogP contribution in [0.1, 0.15) is 0 Å². The molecule has 0 aliphatic rings. The first-order chi connectivity index (χ1) is 1.41. The number of rotatable bonds is 0. The van der Waals surface area contributed by atoms with Crippen LogP contribution in [-0.2, 0) is 4.79 Å². The van der Waals surface area contributed by atoms with Gasteiger partial charge in [-0.2, -0.15) is 0 Å². The molecule has 0 atom stereocenters. The molecule has 0 rings (SSSR count). The van der Waals surface area contributed by atoms with E-state index in [-0.39, 0.29) is 155 Å². The fraction of sp³-hybridized carbons (Fsp3) is 0. The Balaban J connectivity index is -0.00000000333. The summed E-state index contributed by atoms with van der Waals surface area (Å²) in [6.45, 7) is -0.250. The molecule has 0 aliphatic heterocycles. The minimum atomic E-state index is -0.250. The number of carboxylic acid groups (broad SMARTS) is 1. The van der Waals surface area contributed by atoms with Gasteiger partial charge in [0.05, 0.1) is 0 Å². The van der Waals surface area contributed by atoms with Crippen molar-refractivity contribution in [2.45, 2.75) is 0 Å². The van der Waals surface area contributed by atoms with Crippen molar-refractivity contribution in [3.63, 3.8) is 0 Å². The number of hydrogen-bond donors (Lipinski definition) is 1. The maximum atomic E-state index is 8.36. The molecular weight excluding hydrogens is 342 g/mol. The summed E-state index contributed by atoms with van der Waals surface area (Å²) in [5.74, 6) is 0. The Bertz CT molecular complexity index is 17.2. The Labute approximate surface area is 159 Å². The molecule has 0 radical (unpaired) electrons. The fourth-order valence-electron chi connectivity index (χ4n) is 0.